The molecule has 212 valence electrons. The van der Waals surface area contributed by atoms with Gasteiger partial charge in [-0.2, -0.15) is 13.9 Å². The van der Waals surface area contributed by atoms with Crippen LogP contribution in [0.4, 0.5) is 8.78 Å². The SMILES string of the molecule is Cc1cc(F)c2c(oc3nc(F)ccc32)c1-c1n(-c2c(-c3ccccc3)cccc2-c2ccccc2)c2ccccc2[n+]1C. The summed E-state index contributed by atoms with van der Waals surface area (Å²) in [6, 6.07) is 39.5. The second-order valence-corrected chi connectivity index (χ2v) is 11.0. The maximum absolute atomic E-state index is 15.7. The number of fused-ring (bicyclic) bond motifs is 4. The normalized spacial score (nSPS) is 11.6. The van der Waals surface area contributed by atoms with Crippen molar-refractivity contribution >= 4 is 33.1 Å². The fourth-order valence-electron chi connectivity index (χ4n) is 6.47. The molecule has 0 N–H and O–H groups in total. The zero-order valence-electron chi connectivity index (χ0n) is 24.1. The Labute approximate surface area is 252 Å². The predicted molar refractivity (Wildman–Crippen MR) is 170 cm³/mol. The van der Waals surface area contributed by atoms with Crippen LogP contribution in [0.25, 0.3) is 72.4 Å². The lowest BCUT2D eigenvalue weighted by Gasteiger charge is -2.15. The third-order valence-electron chi connectivity index (χ3n) is 8.39. The summed E-state index contributed by atoms with van der Waals surface area (Å²) in [5.41, 5.74) is 8.94. The number of nitrogens with zero attached hydrogens (tertiary/aromatic N) is 3. The fraction of sp³-hybridized carbons (Fsp3) is 0.0526. The maximum atomic E-state index is 15.7. The van der Waals surface area contributed by atoms with Crippen molar-refractivity contribution < 1.29 is 17.8 Å². The molecule has 0 spiro atoms. The molecule has 3 aromatic heterocycles. The standard InChI is InChI=1S/C38H26F2N3O/c1-23-22-29(39)34-28-20-21-32(40)41-37(28)44-36(34)33(23)38-42(2)30-18-9-10-19-31(30)43(38)35-26(24-12-5-3-6-13-24)16-11-17-27(35)25-14-7-4-8-15-25/h3-22H,1-2H3/q+1. The molecule has 0 atom stereocenters. The lowest BCUT2D eigenvalue weighted by Crippen LogP contribution is -2.30. The van der Waals surface area contributed by atoms with Crippen molar-refractivity contribution in [2.75, 3.05) is 0 Å². The smallest absolute Gasteiger partial charge is 0.299 e. The van der Waals surface area contributed by atoms with Crippen molar-refractivity contribution in [2.45, 2.75) is 6.92 Å². The van der Waals surface area contributed by atoms with E-state index >= 15 is 4.39 Å². The van der Waals surface area contributed by atoms with Crippen molar-refractivity contribution in [3.8, 4) is 39.3 Å². The van der Waals surface area contributed by atoms with E-state index in [0.29, 0.717) is 22.1 Å². The van der Waals surface area contributed by atoms with Crippen LogP contribution in [0.15, 0.2) is 126 Å². The molecule has 0 aliphatic rings. The second kappa shape index (κ2) is 9.99. The number of furan rings is 1. The van der Waals surface area contributed by atoms with Gasteiger partial charge in [-0.05, 0) is 53.9 Å². The Balaban J connectivity index is 1.58. The van der Waals surface area contributed by atoms with E-state index in [1.165, 1.54) is 18.2 Å². The molecule has 0 saturated carbocycles. The van der Waals surface area contributed by atoms with Crippen LogP contribution < -0.4 is 4.57 Å². The predicted octanol–water partition coefficient (Wildman–Crippen LogP) is 9.34. The Hall–Kier alpha value is -5.62. The molecule has 4 nitrogen and oxygen atoms in total. The lowest BCUT2D eigenvalue weighted by atomic mass is 9.95. The Morgan fingerprint density at radius 2 is 1.36 bits per heavy atom. The molecule has 6 heteroatoms. The number of aryl methyl sites for hydroxylation is 2. The van der Waals surface area contributed by atoms with E-state index in [0.717, 1.165) is 44.8 Å². The van der Waals surface area contributed by atoms with Gasteiger partial charge in [0.05, 0.1) is 17.8 Å². The van der Waals surface area contributed by atoms with E-state index in [2.05, 4.69) is 68.7 Å². The Kier molecular flexibility index (Phi) is 5.91. The highest BCUT2D eigenvalue weighted by atomic mass is 19.1. The van der Waals surface area contributed by atoms with Crippen molar-refractivity contribution in [3.63, 3.8) is 0 Å². The third kappa shape index (κ3) is 3.88. The summed E-state index contributed by atoms with van der Waals surface area (Å²) in [6.45, 7) is 1.88. The molecule has 0 radical (unpaired) electrons. The number of hydrogen-bond donors (Lipinski definition) is 0. The molecule has 0 unspecified atom stereocenters. The summed E-state index contributed by atoms with van der Waals surface area (Å²) in [4.78, 5) is 3.96. The minimum atomic E-state index is -0.681. The van der Waals surface area contributed by atoms with Crippen LogP contribution in [0.2, 0.25) is 0 Å². The Morgan fingerprint density at radius 1 is 0.727 bits per heavy atom. The molecular weight excluding hydrogens is 552 g/mol. The number of para-hydroxylation sites is 3. The van der Waals surface area contributed by atoms with E-state index in [4.69, 9.17) is 4.42 Å². The van der Waals surface area contributed by atoms with Crippen molar-refractivity contribution in [2.24, 2.45) is 7.05 Å². The number of hydrogen-bond acceptors (Lipinski definition) is 2. The van der Waals surface area contributed by atoms with Crippen molar-refractivity contribution in [1.82, 2.24) is 9.55 Å². The number of benzene rings is 5. The number of pyridine rings is 1. The number of rotatable bonds is 4. The van der Waals surface area contributed by atoms with Gasteiger partial charge in [0.1, 0.15) is 17.1 Å². The molecule has 5 aromatic carbocycles. The highest BCUT2D eigenvalue weighted by molar-refractivity contribution is 6.09. The lowest BCUT2D eigenvalue weighted by molar-refractivity contribution is -0.633. The topological polar surface area (TPSA) is 34.8 Å². The van der Waals surface area contributed by atoms with Gasteiger partial charge in [0, 0.05) is 11.1 Å². The zero-order valence-corrected chi connectivity index (χ0v) is 24.1. The maximum Gasteiger partial charge on any atom is 0.299 e. The molecule has 3 heterocycles. The monoisotopic (exact) mass is 578 g/mol. The molecule has 0 saturated heterocycles. The largest absolute Gasteiger partial charge is 0.437 e. The van der Waals surface area contributed by atoms with Gasteiger partial charge in [0.2, 0.25) is 11.7 Å². The fourth-order valence-corrected chi connectivity index (χ4v) is 6.47. The molecule has 0 bridgehead atoms. The van der Waals surface area contributed by atoms with E-state index < -0.39 is 11.8 Å². The number of imidazole rings is 1. The summed E-state index contributed by atoms with van der Waals surface area (Å²) in [6.07, 6.45) is 0. The van der Waals surface area contributed by atoms with Crippen LogP contribution >= 0.6 is 0 Å². The quantitative estimate of drug-likeness (QED) is 0.154. The molecular formula is C38H26F2N3O+. The van der Waals surface area contributed by atoms with Gasteiger partial charge in [-0.25, -0.2) is 8.96 Å². The summed E-state index contributed by atoms with van der Waals surface area (Å²) >= 11 is 0. The van der Waals surface area contributed by atoms with Gasteiger partial charge in [-0.3, -0.25) is 0 Å². The first-order valence-corrected chi connectivity index (χ1v) is 14.4. The first kappa shape index (κ1) is 26.0. The summed E-state index contributed by atoms with van der Waals surface area (Å²) < 4.78 is 40.5. The Bertz CT molecular complexity index is 2320. The summed E-state index contributed by atoms with van der Waals surface area (Å²) in [7, 11) is 2.01. The molecule has 0 aliphatic carbocycles. The van der Waals surface area contributed by atoms with Gasteiger partial charge in [0.25, 0.3) is 5.82 Å². The van der Waals surface area contributed by atoms with Gasteiger partial charge >= 0.3 is 0 Å². The van der Waals surface area contributed by atoms with Crippen LogP contribution in [0.1, 0.15) is 5.56 Å². The number of halogens is 2. The Morgan fingerprint density at radius 3 is 2.05 bits per heavy atom. The van der Waals surface area contributed by atoms with Crippen LogP contribution in [0, 0.1) is 18.7 Å². The molecule has 0 aliphatic heterocycles. The van der Waals surface area contributed by atoms with Gasteiger partial charge in [0.15, 0.2) is 16.6 Å². The van der Waals surface area contributed by atoms with Gasteiger partial charge < -0.3 is 4.42 Å². The minimum absolute atomic E-state index is 0.0609. The zero-order chi connectivity index (χ0) is 29.9. The highest BCUT2D eigenvalue weighted by Crippen LogP contribution is 2.43. The molecule has 0 fully saturated rings. The average molecular weight is 579 g/mol. The van der Waals surface area contributed by atoms with Crippen LogP contribution in [-0.2, 0) is 7.05 Å². The first-order valence-electron chi connectivity index (χ1n) is 14.4. The molecule has 8 aromatic rings. The van der Waals surface area contributed by atoms with Crippen LogP contribution in [0.3, 0.4) is 0 Å². The van der Waals surface area contributed by atoms with Crippen LogP contribution in [0.5, 0.6) is 0 Å². The molecule has 8 rings (SSSR count). The van der Waals surface area contributed by atoms with Crippen molar-refractivity contribution in [1.29, 1.82) is 0 Å². The minimum Gasteiger partial charge on any atom is -0.437 e. The van der Waals surface area contributed by atoms with Gasteiger partial charge in [-0.1, -0.05) is 91.0 Å². The average Bonchev–Trinajstić information content (AvgIpc) is 3.56. The van der Waals surface area contributed by atoms with E-state index in [1.807, 2.05) is 62.5 Å². The molecule has 0 amide bonds. The second-order valence-electron chi connectivity index (χ2n) is 11.0. The van der Waals surface area contributed by atoms with E-state index in [1.54, 1.807) is 0 Å². The summed E-state index contributed by atoms with van der Waals surface area (Å²) in [5.74, 6) is -0.318. The van der Waals surface area contributed by atoms with Gasteiger partial charge in [-0.15, -0.1) is 0 Å². The van der Waals surface area contributed by atoms with E-state index in [-0.39, 0.29) is 11.1 Å². The van der Waals surface area contributed by atoms with E-state index in [9.17, 15) is 4.39 Å². The first-order chi connectivity index (χ1) is 21.5. The molecule has 44 heavy (non-hydrogen) atoms. The summed E-state index contributed by atoms with van der Waals surface area (Å²) in [5, 5.41) is 0.713. The number of aromatic nitrogens is 3. The van der Waals surface area contributed by atoms with Crippen LogP contribution in [-0.4, -0.2) is 9.55 Å². The van der Waals surface area contributed by atoms with Crippen molar-refractivity contribution in [3.05, 3.63) is 139 Å². The highest BCUT2D eigenvalue weighted by Gasteiger charge is 2.34. The third-order valence-corrected chi connectivity index (χ3v) is 8.39.